The number of halogens is 4. The molecule has 0 saturated heterocycles. The molecule has 1 aromatic carbocycles. The van der Waals surface area contributed by atoms with Crippen molar-refractivity contribution in [3.8, 4) is 30.3 Å². The lowest BCUT2D eigenvalue weighted by Gasteiger charge is -2.06. The summed E-state index contributed by atoms with van der Waals surface area (Å²) in [6.07, 6.45) is 0. The van der Waals surface area contributed by atoms with Crippen LogP contribution in [-0.2, 0) is 0 Å². The molecule has 1 aromatic heterocycles. The molecule has 0 radical (unpaired) electrons. The molecule has 2 rings (SSSR count). The van der Waals surface area contributed by atoms with E-state index in [1.54, 1.807) is 12.1 Å². The molecule has 0 aliphatic carbocycles. The number of hydrogen-bond acceptors (Lipinski definition) is 6. The maximum atomic E-state index is 14.0. The van der Waals surface area contributed by atoms with E-state index in [0.717, 1.165) is 12.1 Å². The Kier molecular flexibility index (Phi) is 5.37. The van der Waals surface area contributed by atoms with Gasteiger partial charge in [-0.05, 0) is 17.4 Å². The van der Waals surface area contributed by atoms with Gasteiger partial charge in [0.15, 0.2) is 11.6 Å². The maximum absolute atomic E-state index is 14.0. The van der Waals surface area contributed by atoms with Gasteiger partial charge in [0, 0.05) is 5.22 Å². The predicted molar refractivity (Wildman–Crippen MR) is 81.9 cm³/mol. The van der Waals surface area contributed by atoms with E-state index in [-0.39, 0.29) is 5.22 Å². The Balaban J connectivity index is 3.20. The van der Waals surface area contributed by atoms with Crippen molar-refractivity contribution in [2.75, 3.05) is 0 Å². The van der Waals surface area contributed by atoms with Crippen molar-refractivity contribution in [1.29, 1.82) is 26.3 Å². The monoisotopic (exact) mass is 378 g/mol. The van der Waals surface area contributed by atoms with E-state index in [1.165, 1.54) is 18.2 Å². The zero-order chi connectivity index (χ0) is 21.0. The van der Waals surface area contributed by atoms with Gasteiger partial charge in [-0.25, -0.2) is 8.78 Å². The third-order valence-electron chi connectivity index (χ3n) is 3.50. The van der Waals surface area contributed by atoms with Crippen LogP contribution in [-0.4, -0.2) is 4.98 Å². The molecule has 0 aliphatic rings. The van der Waals surface area contributed by atoms with Gasteiger partial charge in [-0.3, -0.25) is 0 Å². The second-order valence-corrected chi connectivity index (χ2v) is 4.95. The van der Waals surface area contributed by atoms with Gasteiger partial charge in [-0.15, -0.1) is 0 Å². The zero-order valence-electron chi connectivity index (χ0n) is 13.3. The van der Waals surface area contributed by atoms with Crippen molar-refractivity contribution in [3.05, 3.63) is 62.8 Å². The fourth-order valence-electron chi connectivity index (χ4n) is 2.34. The van der Waals surface area contributed by atoms with E-state index >= 15 is 0 Å². The standard InChI is InChI=1S/C18H2F4N6/c19-15-14(16(20)18(22)28-17(15)21)12(7-27)8-1-9(3-23)13(10(2-8)4-24)11(5-25)6-26/h1-2H. The Bertz CT molecular complexity index is 1270. The Labute approximate surface area is 154 Å². The third kappa shape index (κ3) is 3.08. The van der Waals surface area contributed by atoms with Crippen molar-refractivity contribution in [2.24, 2.45) is 0 Å². The van der Waals surface area contributed by atoms with E-state index in [4.69, 9.17) is 10.5 Å². The SMILES string of the molecule is N#CC(c1c(F)c(F)nc(F)c1F)=c1cc(C#N)c(=C(C#N)C#N)c(C#N)c1. The molecule has 28 heavy (non-hydrogen) atoms. The Morgan fingerprint density at radius 3 is 1.57 bits per heavy atom. The summed E-state index contributed by atoms with van der Waals surface area (Å²) in [4.78, 5) is 2.38. The summed E-state index contributed by atoms with van der Waals surface area (Å²) in [5.41, 5.74) is -3.76. The molecule has 1 heterocycles. The van der Waals surface area contributed by atoms with Gasteiger partial charge in [-0.1, -0.05) is 0 Å². The molecule has 10 heteroatoms. The third-order valence-corrected chi connectivity index (χ3v) is 3.50. The Morgan fingerprint density at radius 2 is 1.21 bits per heavy atom. The predicted octanol–water partition coefficient (Wildman–Crippen LogP) is 1.30. The molecule has 0 aliphatic heterocycles. The van der Waals surface area contributed by atoms with Crippen molar-refractivity contribution < 1.29 is 17.6 Å². The molecular formula is C18H2F4N6. The number of nitrogens with zero attached hydrogens (tertiary/aromatic N) is 6. The minimum absolute atomic E-state index is 0.343. The summed E-state index contributed by atoms with van der Waals surface area (Å²) >= 11 is 0. The number of benzene rings is 1. The number of nitriles is 5. The van der Waals surface area contributed by atoms with Crippen LogP contribution in [0.4, 0.5) is 17.6 Å². The number of aromatic nitrogens is 1. The molecular weight excluding hydrogens is 376 g/mol. The van der Waals surface area contributed by atoms with E-state index < -0.39 is 56.6 Å². The quantitative estimate of drug-likeness (QED) is 0.543. The summed E-state index contributed by atoms with van der Waals surface area (Å²) in [7, 11) is 0. The van der Waals surface area contributed by atoms with E-state index in [9.17, 15) is 33.3 Å². The van der Waals surface area contributed by atoms with Crippen molar-refractivity contribution in [3.63, 3.8) is 0 Å². The lowest BCUT2D eigenvalue weighted by molar-refractivity contribution is 0.404. The molecule has 0 N–H and O–H groups in total. The van der Waals surface area contributed by atoms with Crippen LogP contribution in [0.3, 0.4) is 0 Å². The van der Waals surface area contributed by atoms with Crippen molar-refractivity contribution >= 4 is 11.1 Å². The van der Waals surface area contributed by atoms with Gasteiger partial charge in [0.2, 0.25) is 0 Å². The van der Waals surface area contributed by atoms with Crippen LogP contribution in [0.15, 0.2) is 12.1 Å². The van der Waals surface area contributed by atoms with Crippen LogP contribution in [0.2, 0.25) is 0 Å². The summed E-state index contributed by atoms with van der Waals surface area (Å²) in [5.74, 6) is -7.89. The number of pyridine rings is 1. The fraction of sp³-hybridized carbons (Fsp3) is 0. The highest BCUT2D eigenvalue weighted by Gasteiger charge is 2.24. The van der Waals surface area contributed by atoms with E-state index in [2.05, 4.69) is 4.98 Å². The second kappa shape index (κ2) is 7.67. The first-order chi connectivity index (χ1) is 13.3. The van der Waals surface area contributed by atoms with E-state index in [1.807, 2.05) is 0 Å². The smallest absolute Gasteiger partial charge is 0.201 e. The molecule has 0 saturated carbocycles. The molecule has 132 valence electrons. The molecule has 0 unspecified atom stereocenters. The molecule has 0 bridgehead atoms. The fourth-order valence-corrected chi connectivity index (χ4v) is 2.34. The largest absolute Gasteiger partial charge is 0.252 e. The molecule has 0 spiro atoms. The van der Waals surface area contributed by atoms with Crippen molar-refractivity contribution in [1.82, 2.24) is 4.98 Å². The highest BCUT2D eigenvalue weighted by Crippen LogP contribution is 2.22. The van der Waals surface area contributed by atoms with Gasteiger partial charge in [0.05, 0.1) is 34.4 Å². The average molecular weight is 378 g/mol. The Morgan fingerprint density at radius 1 is 0.750 bits per heavy atom. The van der Waals surface area contributed by atoms with Gasteiger partial charge in [-0.2, -0.15) is 40.1 Å². The first-order valence-corrected chi connectivity index (χ1v) is 6.98. The summed E-state index contributed by atoms with van der Waals surface area (Å²) in [6.45, 7) is 0. The number of rotatable bonds is 1. The highest BCUT2D eigenvalue weighted by molar-refractivity contribution is 5.79. The molecule has 2 aromatic rings. The average Bonchev–Trinajstić information content (AvgIpc) is 2.70. The van der Waals surface area contributed by atoms with Gasteiger partial charge < -0.3 is 0 Å². The topological polar surface area (TPSA) is 132 Å². The van der Waals surface area contributed by atoms with Crippen LogP contribution >= 0.6 is 0 Å². The van der Waals surface area contributed by atoms with Crippen LogP contribution in [0.25, 0.3) is 11.1 Å². The minimum Gasteiger partial charge on any atom is -0.201 e. The van der Waals surface area contributed by atoms with Crippen LogP contribution in [0, 0.1) is 80.2 Å². The highest BCUT2D eigenvalue weighted by atomic mass is 19.2. The lowest BCUT2D eigenvalue weighted by Crippen LogP contribution is -2.22. The van der Waals surface area contributed by atoms with Crippen LogP contribution in [0.5, 0.6) is 0 Å². The maximum Gasteiger partial charge on any atom is 0.252 e. The van der Waals surface area contributed by atoms with Crippen molar-refractivity contribution in [2.45, 2.75) is 0 Å². The summed E-state index contributed by atoms with van der Waals surface area (Å²) in [6, 6.07) is 9.28. The normalized spacial score (nSPS) is 9.25. The summed E-state index contributed by atoms with van der Waals surface area (Å²) < 4.78 is 54.8. The summed E-state index contributed by atoms with van der Waals surface area (Å²) in [5, 5.41) is 45.0. The molecule has 0 fully saturated rings. The molecule has 0 atom stereocenters. The van der Waals surface area contributed by atoms with Gasteiger partial charge in [0.1, 0.15) is 23.8 Å². The minimum atomic E-state index is -2.00. The molecule has 0 amide bonds. The lowest BCUT2D eigenvalue weighted by atomic mass is 9.97. The second-order valence-electron chi connectivity index (χ2n) is 4.95. The Hall–Kier alpha value is -4.72. The van der Waals surface area contributed by atoms with Crippen LogP contribution in [0.1, 0.15) is 16.7 Å². The first-order valence-electron chi connectivity index (χ1n) is 6.98. The van der Waals surface area contributed by atoms with E-state index in [0.29, 0.717) is 0 Å². The first kappa shape index (κ1) is 19.6. The number of hydrogen-bond donors (Lipinski definition) is 0. The zero-order valence-corrected chi connectivity index (χ0v) is 13.3. The van der Waals surface area contributed by atoms with Crippen LogP contribution < -0.4 is 10.4 Å². The van der Waals surface area contributed by atoms with Gasteiger partial charge >= 0.3 is 0 Å². The van der Waals surface area contributed by atoms with Gasteiger partial charge in [0.25, 0.3) is 11.9 Å². The molecule has 6 nitrogen and oxygen atoms in total.